The van der Waals surface area contributed by atoms with Crippen molar-refractivity contribution in [3.63, 3.8) is 0 Å². The Morgan fingerprint density at radius 1 is 1.31 bits per heavy atom. The number of nitrogens with one attached hydrogen (secondary N) is 1. The van der Waals surface area contributed by atoms with Crippen molar-refractivity contribution in [2.24, 2.45) is 7.05 Å². The number of hydrogen-bond donors (Lipinski definition) is 1. The van der Waals surface area contributed by atoms with Crippen LogP contribution in [-0.4, -0.2) is 14.8 Å². The first-order chi connectivity index (χ1) is 7.65. The van der Waals surface area contributed by atoms with E-state index in [9.17, 15) is 0 Å². The monoisotopic (exact) mass is 216 g/mol. The van der Waals surface area contributed by atoms with Gasteiger partial charge in [-0.25, -0.2) is 0 Å². The molecule has 0 saturated heterocycles. The Hall–Kier alpha value is -1.84. The van der Waals surface area contributed by atoms with Gasteiger partial charge in [-0.3, -0.25) is 9.67 Å². The van der Waals surface area contributed by atoms with Crippen molar-refractivity contribution < 1.29 is 0 Å². The lowest BCUT2D eigenvalue weighted by Gasteiger charge is -2.04. The molecule has 0 amide bonds. The predicted molar refractivity (Wildman–Crippen MR) is 64.2 cm³/mol. The Morgan fingerprint density at radius 2 is 2.12 bits per heavy atom. The SMILES string of the molecule is Cc1cncc(CNc2cn(C)nc2C)c1. The van der Waals surface area contributed by atoms with Crippen LogP contribution in [0.4, 0.5) is 5.69 Å². The molecule has 2 aromatic rings. The van der Waals surface area contributed by atoms with Crippen molar-refractivity contribution in [3.8, 4) is 0 Å². The van der Waals surface area contributed by atoms with Crippen LogP contribution in [0.25, 0.3) is 0 Å². The summed E-state index contributed by atoms with van der Waals surface area (Å²) >= 11 is 0. The highest BCUT2D eigenvalue weighted by Crippen LogP contribution is 2.13. The zero-order chi connectivity index (χ0) is 11.5. The van der Waals surface area contributed by atoms with Gasteiger partial charge < -0.3 is 5.32 Å². The van der Waals surface area contributed by atoms with E-state index in [1.165, 1.54) is 11.1 Å². The Morgan fingerprint density at radius 3 is 2.75 bits per heavy atom. The second kappa shape index (κ2) is 4.35. The lowest BCUT2D eigenvalue weighted by Crippen LogP contribution is -2.00. The molecule has 0 unspecified atom stereocenters. The Bertz CT molecular complexity index is 488. The van der Waals surface area contributed by atoms with Gasteiger partial charge in [0, 0.05) is 32.2 Å². The van der Waals surface area contributed by atoms with Crippen LogP contribution in [0.5, 0.6) is 0 Å². The van der Waals surface area contributed by atoms with E-state index in [1.54, 1.807) is 0 Å². The summed E-state index contributed by atoms with van der Waals surface area (Å²) in [4.78, 5) is 4.16. The molecule has 0 spiro atoms. The minimum atomic E-state index is 0.779. The number of hydrogen-bond acceptors (Lipinski definition) is 3. The summed E-state index contributed by atoms with van der Waals surface area (Å²) < 4.78 is 1.81. The molecule has 2 aromatic heterocycles. The van der Waals surface area contributed by atoms with E-state index in [4.69, 9.17) is 0 Å². The van der Waals surface area contributed by atoms with E-state index in [2.05, 4.69) is 21.5 Å². The lowest BCUT2D eigenvalue weighted by atomic mass is 10.2. The van der Waals surface area contributed by atoms with E-state index < -0.39 is 0 Å². The molecule has 0 fully saturated rings. The summed E-state index contributed by atoms with van der Waals surface area (Å²) in [6, 6.07) is 2.13. The van der Waals surface area contributed by atoms with Gasteiger partial charge in [-0.15, -0.1) is 0 Å². The first kappa shape index (κ1) is 10.7. The number of anilines is 1. The van der Waals surface area contributed by atoms with Crippen LogP contribution in [0.2, 0.25) is 0 Å². The van der Waals surface area contributed by atoms with E-state index in [-0.39, 0.29) is 0 Å². The summed E-state index contributed by atoms with van der Waals surface area (Å²) in [5.74, 6) is 0. The highest BCUT2D eigenvalue weighted by Gasteiger charge is 2.02. The molecule has 0 aliphatic carbocycles. The van der Waals surface area contributed by atoms with Gasteiger partial charge in [-0.1, -0.05) is 6.07 Å². The van der Waals surface area contributed by atoms with Crippen molar-refractivity contribution in [2.45, 2.75) is 20.4 Å². The van der Waals surface area contributed by atoms with Gasteiger partial charge in [-0.05, 0) is 25.0 Å². The van der Waals surface area contributed by atoms with E-state index in [0.717, 1.165) is 17.9 Å². The van der Waals surface area contributed by atoms with Crippen molar-refractivity contribution >= 4 is 5.69 Å². The Balaban J connectivity index is 2.05. The normalized spacial score (nSPS) is 10.4. The summed E-state index contributed by atoms with van der Waals surface area (Å²) in [6.07, 6.45) is 5.73. The Kier molecular flexibility index (Phi) is 2.90. The van der Waals surface area contributed by atoms with Crippen molar-refractivity contribution in [2.75, 3.05) is 5.32 Å². The van der Waals surface area contributed by atoms with Crippen LogP contribution in [0.3, 0.4) is 0 Å². The molecular weight excluding hydrogens is 200 g/mol. The second-order valence-corrected chi connectivity index (χ2v) is 4.03. The predicted octanol–water partition coefficient (Wildman–Crippen LogP) is 2.04. The van der Waals surface area contributed by atoms with Crippen molar-refractivity contribution in [1.82, 2.24) is 14.8 Å². The largest absolute Gasteiger partial charge is 0.378 e. The fourth-order valence-corrected chi connectivity index (χ4v) is 1.68. The fraction of sp³-hybridized carbons (Fsp3) is 0.333. The fourth-order valence-electron chi connectivity index (χ4n) is 1.68. The van der Waals surface area contributed by atoms with Gasteiger partial charge in [0.25, 0.3) is 0 Å². The number of aromatic nitrogens is 3. The van der Waals surface area contributed by atoms with E-state index in [1.807, 2.05) is 44.2 Å². The standard InChI is InChI=1S/C12H16N4/c1-9-4-11(6-13-5-9)7-14-12-8-16(3)15-10(12)2/h4-6,8,14H,7H2,1-3H3. The number of aryl methyl sites for hydroxylation is 3. The number of nitrogens with zero attached hydrogens (tertiary/aromatic N) is 3. The number of pyridine rings is 1. The molecule has 4 nitrogen and oxygen atoms in total. The van der Waals surface area contributed by atoms with Crippen molar-refractivity contribution in [3.05, 3.63) is 41.5 Å². The molecule has 0 saturated carbocycles. The number of rotatable bonds is 3. The van der Waals surface area contributed by atoms with Crippen LogP contribution in [0.15, 0.2) is 24.7 Å². The Labute approximate surface area is 95.3 Å². The average molecular weight is 216 g/mol. The van der Waals surface area contributed by atoms with E-state index in [0.29, 0.717) is 0 Å². The minimum Gasteiger partial charge on any atom is -0.378 e. The molecule has 2 rings (SSSR count). The molecule has 0 bridgehead atoms. The first-order valence-corrected chi connectivity index (χ1v) is 5.30. The maximum absolute atomic E-state index is 4.28. The molecule has 16 heavy (non-hydrogen) atoms. The van der Waals surface area contributed by atoms with Crippen molar-refractivity contribution in [1.29, 1.82) is 0 Å². The highest BCUT2D eigenvalue weighted by atomic mass is 15.3. The molecule has 0 radical (unpaired) electrons. The molecule has 1 N–H and O–H groups in total. The third kappa shape index (κ3) is 2.39. The smallest absolute Gasteiger partial charge is 0.0825 e. The summed E-state index contributed by atoms with van der Waals surface area (Å²) in [7, 11) is 1.92. The zero-order valence-electron chi connectivity index (χ0n) is 9.86. The van der Waals surface area contributed by atoms with Gasteiger partial charge in [0.15, 0.2) is 0 Å². The second-order valence-electron chi connectivity index (χ2n) is 4.03. The van der Waals surface area contributed by atoms with Crippen LogP contribution in [0.1, 0.15) is 16.8 Å². The third-order valence-corrected chi connectivity index (χ3v) is 2.43. The maximum Gasteiger partial charge on any atom is 0.0825 e. The molecule has 0 atom stereocenters. The van der Waals surface area contributed by atoms with Crippen LogP contribution < -0.4 is 5.32 Å². The van der Waals surface area contributed by atoms with Gasteiger partial charge in [-0.2, -0.15) is 5.10 Å². The van der Waals surface area contributed by atoms with Gasteiger partial charge >= 0.3 is 0 Å². The summed E-state index contributed by atoms with van der Waals surface area (Å²) in [5, 5.41) is 7.63. The van der Waals surface area contributed by atoms with E-state index >= 15 is 0 Å². The molecule has 0 aromatic carbocycles. The zero-order valence-corrected chi connectivity index (χ0v) is 9.86. The minimum absolute atomic E-state index is 0.779. The van der Waals surface area contributed by atoms with Crippen LogP contribution >= 0.6 is 0 Å². The molecule has 0 aliphatic heterocycles. The first-order valence-electron chi connectivity index (χ1n) is 5.30. The van der Waals surface area contributed by atoms with Crippen LogP contribution in [-0.2, 0) is 13.6 Å². The average Bonchev–Trinajstić information content (AvgIpc) is 2.54. The highest BCUT2D eigenvalue weighted by molar-refractivity contribution is 5.45. The summed E-state index contributed by atoms with van der Waals surface area (Å²) in [5.41, 5.74) is 4.46. The van der Waals surface area contributed by atoms with Gasteiger partial charge in [0.05, 0.1) is 11.4 Å². The summed E-state index contributed by atoms with van der Waals surface area (Å²) in [6.45, 7) is 4.82. The topological polar surface area (TPSA) is 42.7 Å². The molecule has 2 heterocycles. The molecule has 0 aliphatic rings. The maximum atomic E-state index is 4.28. The van der Waals surface area contributed by atoms with Gasteiger partial charge in [0.1, 0.15) is 0 Å². The van der Waals surface area contributed by atoms with Crippen LogP contribution in [0, 0.1) is 13.8 Å². The van der Waals surface area contributed by atoms with Gasteiger partial charge in [0.2, 0.25) is 0 Å². The quantitative estimate of drug-likeness (QED) is 0.853. The molecular formula is C12H16N4. The molecule has 84 valence electrons. The molecule has 4 heteroatoms. The lowest BCUT2D eigenvalue weighted by molar-refractivity contribution is 0.756. The third-order valence-electron chi connectivity index (χ3n) is 2.43.